The summed E-state index contributed by atoms with van der Waals surface area (Å²) in [5.41, 5.74) is 4.89. The minimum Gasteiger partial charge on any atom is -0.396 e. The normalized spacial score (nSPS) is 11.1. The fourth-order valence-electron chi connectivity index (χ4n) is 1.41. The zero-order valence-corrected chi connectivity index (χ0v) is 9.13. The number of nitrogens with zero attached hydrogens (tertiary/aromatic N) is 2. The SMILES string of the molecule is Nc1cnn(-c2ccc(Cl)c(F)c2)c1C(F)F. The van der Waals surface area contributed by atoms with E-state index in [0.29, 0.717) is 0 Å². The smallest absolute Gasteiger partial charge is 0.282 e. The summed E-state index contributed by atoms with van der Waals surface area (Å²) in [5.74, 6) is -0.710. The van der Waals surface area contributed by atoms with E-state index in [1.165, 1.54) is 12.1 Å². The van der Waals surface area contributed by atoms with E-state index in [1.54, 1.807) is 0 Å². The van der Waals surface area contributed by atoms with Crippen molar-refractivity contribution >= 4 is 17.3 Å². The van der Waals surface area contributed by atoms with E-state index in [2.05, 4.69) is 5.10 Å². The van der Waals surface area contributed by atoms with Gasteiger partial charge in [-0.1, -0.05) is 11.6 Å². The van der Waals surface area contributed by atoms with Crippen LogP contribution < -0.4 is 5.73 Å². The Morgan fingerprint density at radius 2 is 2.06 bits per heavy atom. The molecule has 1 aromatic carbocycles. The molecular weight excluding hydrogens is 255 g/mol. The number of halogens is 4. The van der Waals surface area contributed by atoms with Crippen LogP contribution in [-0.2, 0) is 0 Å². The Balaban J connectivity index is 2.56. The summed E-state index contributed by atoms with van der Waals surface area (Å²) in [4.78, 5) is 0. The van der Waals surface area contributed by atoms with Gasteiger partial charge in [0, 0.05) is 6.07 Å². The molecule has 90 valence electrons. The molecule has 2 aromatic rings. The zero-order valence-electron chi connectivity index (χ0n) is 8.37. The van der Waals surface area contributed by atoms with Gasteiger partial charge in [0.1, 0.15) is 11.5 Å². The zero-order chi connectivity index (χ0) is 12.6. The van der Waals surface area contributed by atoms with Crippen LogP contribution >= 0.6 is 11.6 Å². The molecule has 2 rings (SSSR count). The lowest BCUT2D eigenvalue weighted by atomic mass is 10.3. The van der Waals surface area contributed by atoms with Crippen molar-refractivity contribution in [2.24, 2.45) is 0 Å². The molecule has 3 nitrogen and oxygen atoms in total. The summed E-state index contributed by atoms with van der Waals surface area (Å²) in [6, 6.07) is 3.66. The molecule has 17 heavy (non-hydrogen) atoms. The van der Waals surface area contributed by atoms with E-state index in [9.17, 15) is 13.2 Å². The molecule has 7 heteroatoms. The maximum absolute atomic E-state index is 13.2. The Morgan fingerprint density at radius 3 is 2.65 bits per heavy atom. The Kier molecular flexibility index (Phi) is 2.97. The molecule has 1 heterocycles. The monoisotopic (exact) mass is 261 g/mol. The van der Waals surface area contributed by atoms with E-state index >= 15 is 0 Å². The molecule has 0 amide bonds. The van der Waals surface area contributed by atoms with Gasteiger partial charge >= 0.3 is 0 Å². The van der Waals surface area contributed by atoms with Crippen molar-refractivity contribution in [3.63, 3.8) is 0 Å². The number of aromatic nitrogens is 2. The first-order valence-corrected chi connectivity index (χ1v) is 4.95. The minimum atomic E-state index is -2.80. The van der Waals surface area contributed by atoms with Gasteiger partial charge in [0.05, 0.1) is 22.6 Å². The van der Waals surface area contributed by atoms with Gasteiger partial charge < -0.3 is 5.73 Å². The second-order valence-corrected chi connectivity index (χ2v) is 3.70. The second-order valence-electron chi connectivity index (χ2n) is 3.30. The second kappa shape index (κ2) is 4.29. The van der Waals surface area contributed by atoms with E-state index < -0.39 is 17.9 Å². The van der Waals surface area contributed by atoms with Crippen molar-refractivity contribution in [1.29, 1.82) is 0 Å². The van der Waals surface area contributed by atoms with E-state index in [1.807, 2.05) is 0 Å². The molecule has 0 saturated carbocycles. The molecule has 0 atom stereocenters. The standard InChI is InChI=1S/C10H7ClF3N3/c11-6-2-1-5(3-7(6)12)17-9(10(13)14)8(15)4-16-17/h1-4,10H,15H2. The molecule has 0 fully saturated rings. The third-order valence-corrected chi connectivity index (χ3v) is 2.50. The summed E-state index contributed by atoms with van der Waals surface area (Å²) in [6.45, 7) is 0. The fourth-order valence-corrected chi connectivity index (χ4v) is 1.53. The molecule has 2 N–H and O–H groups in total. The van der Waals surface area contributed by atoms with Gasteiger partial charge in [-0.05, 0) is 12.1 Å². The van der Waals surface area contributed by atoms with Gasteiger partial charge in [0.15, 0.2) is 0 Å². The molecule has 0 aliphatic carbocycles. The third kappa shape index (κ3) is 2.08. The fraction of sp³-hybridized carbons (Fsp3) is 0.100. The van der Waals surface area contributed by atoms with Crippen LogP contribution in [-0.4, -0.2) is 9.78 Å². The Labute approximate surface area is 99.6 Å². The van der Waals surface area contributed by atoms with E-state index in [-0.39, 0.29) is 16.4 Å². The number of nitrogens with two attached hydrogens (primary N) is 1. The molecule has 1 aromatic heterocycles. The molecule has 0 radical (unpaired) electrons. The molecule has 0 bridgehead atoms. The van der Waals surface area contributed by atoms with Crippen LogP contribution in [0.25, 0.3) is 5.69 Å². The number of rotatable bonds is 2. The van der Waals surface area contributed by atoms with Gasteiger partial charge in [-0.3, -0.25) is 0 Å². The number of nitrogen functional groups attached to an aromatic ring is 1. The van der Waals surface area contributed by atoms with Crippen molar-refractivity contribution in [1.82, 2.24) is 9.78 Å². The molecule has 0 aliphatic rings. The first kappa shape index (κ1) is 11.8. The highest BCUT2D eigenvalue weighted by Gasteiger charge is 2.19. The maximum atomic E-state index is 13.2. The molecule has 0 aliphatic heterocycles. The lowest BCUT2D eigenvalue weighted by Gasteiger charge is -2.07. The molecule has 0 spiro atoms. The predicted molar refractivity (Wildman–Crippen MR) is 57.9 cm³/mol. The highest BCUT2D eigenvalue weighted by Crippen LogP contribution is 2.28. The van der Waals surface area contributed by atoms with Crippen molar-refractivity contribution in [2.75, 3.05) is 5.73 Å². The lowest BCUT2D eigenvalue weighted by Crippen LogP contribution is -2.04. The first-order valence-electron chi connectivity index (χ1n) is 4.57. The summed E-state index contributed by atoms with van der Waals surface area (Å²) >= 11 is 5.50. The molecular formula is C10H7ClF3N3. The van der Waals surface area contributed by atoms with Crippen molar-refractivity contribution in [3.8, 4) is 5.69 Å². The van der Waals surface area contributed by atoms with Gasteiger partial charge in [-0.2, -0.15) is 5.10 Å². The van der Waals surface area contributed by atoms with Crippen LogP contribution in [0.4, 0.5) is 18.9 Å². The quantitative estimate of drug-likeness (QED) is 0.902. The minimum absolute atomic E-state index is 0.0903. The molecule has 0 unspecified atom stereocenters. The topological polar surface area (TPSA) is 43.8 Å². The first-order chi connectivity index (χ1) is 8.00. The highest BCUT2D eigenvalue weighted by atomic mass is 35.5. The van der Waals surface area contributed by atoms with Crippen molar-refractivity contribution in [2.45, 2.75) is 6.43 Å². The van der Waals surface area contributed by atoms with Crippen LogP contribution in [0.1, 0.15) is 12.1 Å². The largest absolute Gasteiger partial charge is 0.396 e. The summed E-state index contributed by atoms with van der Waals surface area (Å²) in [6.07, 6.45) is -1.70. The van der Waals surface area contributed by atoms with Gasteiger partial charge in [0.2, 0.25) is 0 Å². The van der Waals surface area contributed by atoms with Gasteiger partial charge in [-0.15, -0.1) is 0 Å². The number of benzene rings is 1. The Bertz CT molecular complexity index is 554. The Morgan fingerprint density at radius 1 is 1.35 bits per heavy atom. The van der Waals surface area contributed by atoms with E-state index in [0.717, 1.165) is 16.9 Å². The van der Waals surface area contributed by atoms with Crippen LogP contribution in [0, 0.1) is 5.82 Å². The van der Waals surface area contributed by atoms with Crippen LogP contribution in [0.3, 0.4) is 0 Å². The Hall–Kier alpha value is -1.69. The number of hydrogen-bond acceptors (Lipinski definition) is 2. The molecule has 0 saturated heterocycles. The lowest BCUT2D eigenvalue weighted by molar-refractivity contribution is 0.143. The maximum Gasteiger partial charge on any atom is 0.282 e. The van der Waals surface area contributed by atoms with Crippen LogP contribution in [0.2, 0.25) is 5.02 Å². The van der Waals surface area contributed by atoms with Crippen molar-refractivity contribution < 1.29 is 13.2 Å². The van der Waals surface area contributed by atoms with Crippen molar-refractivity contribution in [3.05, 3.63) is 40.9 Å². The van der Waals surface area contributed by atoms with E-state index in [4.69, 9.17) is 17.3 Å². The average molecular weight is 262 g/mol. The predicted octanol–water partition coefficient (Wildman–Crippen LogP) is 3.18. The van der Waals surface area contributed by atoms with Crippen LogP contribution in [0.15, 0.2) is 24.4 Å². The third-order valence-electron chi connectivity index (χ3n) is 2.19. The summed E-state index contributed by atoms with van der Waals surface area (Å²) in [7, 11) is 0. The number of hydrogen-bond donors (Lipinski definition) is 1. The average Bonchev–Trinajstić information content (AvgIpc) is 2.64. The summed E-state index contributed by atoms with van der Waals surface area (Å²) < 4.78 is 39.6. The summed E-state index contributed by atoms with van der Waals surface area (Å²) in [5, 5.41) is 3.59. The number of anilines is 1. The van der Waals surface area contributed by atoms with Gasteiger partial charge in [0.25, 0.3) is 6.43 Å². The highest BCUT2D eigenvalue weighted by molar-refractivity contribution is 6.30. The van der Waals surface area contributed by atoms with Gasteiger partial charge in [-0.25, -0.2) is 17.9 Å². The van der Waals surface area contributed by atoms with Crippen LogP contribution in [0.5, 0.6) is 0 Å². The number of alkyl halides is 2.